The van der Waals surface area contributed by atoms with E-state index in [-0.39, 0.29) is 10.8 Å². The van der Waals surface area contributed by atoms with Crippen LogP contribution in [0.15, 0.2) is 35.2 Å². The average molecular weight is 384 g/mol. The molecule has 0 bridgehead atoms. The minimum atomic E-state index is -3.83. The standard InChI is InChI=1S/C15H18ClN5O3S/c1-10-9-11(2)19-14(18-10)21-25(23,24)13-5-3-12(4-6-13)20-15(22)17-8-7-16/h3-6,9H,7-8H2,1-2H3,(H2,17,20,22)(H,18,19,21). The fourth-order valence-electron chi connectivity index (χ4n) is 2.00. The van der Waals surface area contributed by atoms with Gasteiger partial charge in [-0.3, -0.25) is 0 Å². The van der Waals surface area contributed by atoms with Crippen molar-refractivity contribution in [2.24, 2.45) is 0 Å². The third-order valence-corrected chi connectivity index (χ3v) is 4.54. The number of aryl methyl sites for hydroxylation is 2. The van der Waals surface area contributed by atoms with Crippen LogP contribution in [0.4, 0.5) is 16.4 Å². The lowest BCUT2D eigenvalue weighted by Gasteiger charge is -2.09. The zero-order valence-corrected chi connectivity index (χ0v) is 15.3. The topological polar surface area (TPSA) is 113 Å². The van der Waals surface area contributed by atoms with E-state index in [1.807, 2.05) is 0 Å². The smallest absolute Gasteiger partial charge is 0.319 e. The molecule has 0 fully saturated rings. The maximum atomic E-state index is 12.4. The van der Waals surface area contributed by atoms with Gasteiger partial charge in [0.25, 0.3) is 10.0 Å². The van der Waals surface area contributed by atoms with Gasteiger partial charge < -0.3 is 10.6 Å². The van der Waals surface area contributed by atoms with Gasteiger partial charge in [0, 0.05) is 29.5 Å². The second kappa shape index (κ2) is 8.13. The Morgan fingerprint density at radius 1 is 1.12 bits per heavy atom. The lowest BCUT2D eigenvalue weighted by molar-refractivity contribution is 0.252. The zero-order chi connectivity index (χ0) is 18.4. The molecule has 134 valence electrons. The summed E-state index contributed by atoms with van der Waals surface area (Å²) in [6.45, 7) is 3.84. The van der Waals surface area contributed by atoms with Crippen LogP contribution in [-0.4, -0.2) is 36.8 Å². The summed E-state index contributed by atoms with van der Waals surface area (Å²) in [7, 11) is -3.83. The predicted molar refractivity (Wildman–Crippen MR) is 96.5 cm³/mol. The van der Waals surface area contributed by atoms with Crippen molar-refractivity contribution in [3.05, 3.63) is 41.7 Å². The molecule has 10 heteroatoms. The van der Waals surface area contributed by atoms with Gasteiger partial charge >= 0.3 is 6.03 Å². The fraction of sp³-hybridized carbons (Fsp3) is 0.267. The van der Waals surface area contributed by atoms with Gasteiger partial charge in [0.15, 0.2) is 0 Å². The van der Waals surface area contributed by atoms with E-state index in [2.05, 4.69) is 25.3 Å². The predicted octanol–water partition coefficient (Wildman–Crippen LogP) is 2.25. The summed E-state index contributed by atoms with van der Waals surface area (Å²) < 4.78 is 27.1. The summed E-state index contributed by atoms with van der Waals surface area (Å²) in [5, 5.41) is 5.11. The first-order chi connectivity index (χ1) is 11.8. The maximum absolute atomic E-state index is 12.4. The summed E-state index contributed by atoms with van der Waals surface area (Å²) in [5.41, 5.74) is 1.77. The molecule has 2 aromatic rings. The molecule has 0 saturated heterocycles. The Balaban J connectivity index is 2.10. The molecule has 8 nitrogen and oxygen atoms in total. The quantitative estimate of drug-likeness (QED) is 0.662. The summed E-state index contributed by atoms with van der Waals surface area (Å²) >= 11 is 5.48. The van der Waals surface area contributed by atoms with Gasteiger partial charge in [0.05, 0.1) is 4.90 Å². The lowest BCUT2D eigenvalue weighted by atomic mass is 10.3. The van der Waals surface area contributed by atoms with Crippen molar-refractivity contribution < 1.29 is 13.2 Å². The monoisotopic (exact) mass is 383 g/mol. The molecule has 3 N–H and O–H groups in total. The number of hydrogen-bond donors (Lipinski definition) is 3. The SMILES string of the molecule is Cc1cc(C)nc(NS(=O)(=O)c2ccc(NC(=O)NCCCl)cc2)n1. The van der Waals surface area contributed by atoms with Crippen LogP contribution in [-0.2, 0) is 10.0 Å². The van der Waals surface area contributed by atoms with Crippen LogP contribution in [0.3, 0.4) is 0 Å². The Labute approximate surface area is 151 Å². The van der Waals surface area contributed by atoms with E-state index in [1.165, 1.54) is 24.3 Å². The zero-order valence-electron chi connectivity index (χ0n) is 13.7. The van der Waals surface area contributed by atoms with Crippen molar-refractivity contribution in [3.8, 4) is 0 Å². The highest BCUT2D eigenvalue weighted by Gasteiger charge is 2.16. The van der Waals surface area contributed by atoms with Crippen LogP contribution in [0.1, 0.15) is 11.4 Å². The van der Waals surface area contributed by atoms with E-state index in [0.29, 0.717) is 29.5 Å². The molecular weight excluding hydrogens is 366 g/mol. The minimum Gasteiger partial charge on any atom is -0.337 e. The number of anilines is 2. The molecule has 1 aromatic carbocycles. The van der Waals surface area contributed by atoms with Gasteiger partial charge in [0.1, 0.15) is 0 Å². The Morgan fingerprint density at radius 3 is 2.28 bits per heavy atom. The molecular formula is C15H18ClN5O3S. The van der Waals surface area contributed by atoms with Gasteiger partial charge in [0.2, 0.25) is 5.95 Å². The third-order valence-electron chi connectivity index (χ3n) is 3.01. The third kappa shape index (κ3) is 5.57. The molecule has 0 atom stereocenters. The number of carbonyl (C=O) groups excluding carboxylic acids is 1. The minimum absolute atomic E-state index is 0.0140. The summed E-state index contributed by atoms with van der Waals surface area (Å²) in [6, 6.07) is 7.05. The molecule has 2 amide bonds. The molecule has 1 heterocycles. The van der Waals surface area contributed by atoms with E-state index < -0.39 is 16.1 Å². The van der Waals surface area contributed by atoms with Crippen LogP contribution in [0.2, 0.25) is 0 Å². The van der Waals surface area contributed by atoms with E-state index in [9.17, 15) is 13.2 Å². The molecule has 0 aliphatic heterocycles. The van der Waals surface area contributed by atoms with Crippen LogP contribution in [0.5, 0.6) is 0 Å². The first-order valence-electron chi connectivity index (χ1n) is 7.36. The van der Waals surface area contributed by atoms with Gasteiger partial charge in [-0.25, -0.2) is 27.9 Å². The van der Waals surface area contributed by atoms with Crippen LogP contribution >= 0.6 is 11.6 Å². The highest BCUT2D eigenvalue weighted by atomic mass is 35.5. The number of aromatic nitrogens is 2. The number of hydrogen-bond acceptors (Lipinski definition) is 5. The van der Waals surface area contributed by atoms with E-state index in [4.69, 9.17) is 11.6 Å². The first-order valence-corrected chi connectivity index (χ1v) is 9.38. The van der Waals surface area contributed by atoms with Crippen molar-refractivity contribution in [1.29, 1.82) is 0 Å². The number of urea groups is 1. The molecule has 2 rings (SSSR count). The van der Waals surface area contributed by atoms with Crippen LogP contribution in [0, 0.1) is 13.8 Å². The highest BCUT2D eigenvalue weighted by molar-refractivity contribution is 7.92. The number of amides is 2. The van der Waals surface area contributed by atoms with E-state index in [1.54, 1.807) is 19.9 Å². The first kappa shape index (κ1) is 18.9. The number of nitrogens with zero attached hydrogens (tertiary/aromatic N) is 2. The molecule has 0 aliphatic carbocycles. The largest absolute Gasteiger partial charge is 0.337 e. The number of rotatable bonds is 6. The molecule has 0 radical (unpaired) electrons. The van der Waals surface area contributed by atoms with Gasteiger partial charge in [-0.05, 0) is 44.2 Å². The lowest BCUT2D eigenvalue weighted by Crippen LogP contribution is -2.30. The second-order valence-electron chi connectivity index (χ2n) is 5.17. The summed E-state index contributed by atoms with van der Waals surface area (Å²) in [4.78, 5) is 19.7. The average Bonchev–Trinajstić information content (AvgIpc) is 2.52. The fourth-order valence-corrected chi connectivity index (χ4v) is 3.04. The van der Waals surface area contributed by atoms with Gasteiger partial charge in [-0.1, -0.05) is 0 Å². The number of carbonyl (C=O) groups is 1. The Kier molecular flexibility index (Phi) is 6.16. The van der Waals surface area contributed by atoms with Crippen molar-refractivity contribution in [2.45, 2.75) is 18.7 Å². The van der Waals surface area contributed by atoms with Crippen molar-refractivity contribution >= 4 is 39.3 Å². The van der Waals surface area contributed by atoms with E-state index in [0.717, 1.165) is 0 Å². The Morgan fingerprint density at radius 2 is 1.72 bits per heavy atom. The second-order valence-corrected chi connectivity index (χ2v) is 7.23. The molecule has 0 spiro atoms. The van der Waals surface area contributed by atoms with Crippen molar-refractivity contribution in [3.63, 3.8) is 0 Å². The number of nitrogens with one attached hydrogen (secondary N) is 3. The van der Waals surface area contributed by atoms with Crippen LogP contribution < -0.4 is 15.4 Å². The maximum Gasteiger partial charge on any atom is 0.319 e. The molecule has 0 aliphatic rings. The number of benzene rings is 1. The molecule has 0 unspecified atom stereocenters. The van der Waals surface area contributed by atoms with Gasteiger partial charge in [-0.15, -0.1) is 11.6 Å². The van der Waals surface area contributed by atoms with Crippen molar-refractivity contribution in [2.75, 3.05) is 22.5 Å². The van der Waals surface area contributed by atoms with Crippen LogP contribution in [0.25, 0.3) is 0 Å². The summed E-state index contributed by atoms with van der Waals surface area (Å²) in [6.07, 6.45) is 0. The van der Waals surface area contributed by atoms with Gasteiger partial charge in [-0.2, -0.15) is 0 Å². The number of halogens is 1. The number of alkyl halides is 1. The Hall–Kier alpha value is -2.39. The Bertz CT molecular complexity index is 836. The molecule has 25 heavy (non-hydrogen) atoms. The molecule has 1 aromatic heterocycles. The van der Waals surface area contributed by atoms with Crippen molar-refractivity contribution in [1.82, 2.24) is 15.3 Å². The normalized spacial score (nSPS) is 11.0. The van der Waals surface area contributed by atoms with E-state index >= 15 is 0 Å². The summed E-state index contributed by atoms with van der Waals surface area (Å²) in [5.74, 6) is 0.316. The number of sulfonamides is 1. The highest BCUT2D eigenvalue weighted by Crippen LogP contribution is 2.17. The molecule has 0 saturated carbocycles.